The van der Waals surface area contributed by atoms with Gasteiger partial charge in [0, 0.05) is 11.9 Å². The fourth-order valence-corrected chi connectivity index (χ4v) is 1.52. The Kier molecular flexibility index (Phi) is 3.18. The van der Waals surface area contributed by atoms with Gasteiger partial charge >= 0.3 is 5.97 Å². The van der Waals surface area contributed by atoms with Crippen molar-refractivity contribution in [2.24, 2.45) is 0 Å². The minimum Gasteiger partial charge on any atom is -0.481 e. The van der Waals surface area contributed by atoms with Gasteiger partial charge in [0.15, 0.2) is 0 Å². The maximum atomic E-state index is 13.4. The van der Waals surface area contributed by atoms with E-state index < -0.39 is 5.97 Å². The van der Waals surface area contributed by atoms with Crippen LogP contribution in [-0.4, -0.2) is 21.0 Å². The number of aryl methyl sites for hydroxylation is 1. The van der Waals surface area contributed by atoms with Gasteiger partial charge in [-0.3, -0.25) is 4.79 Å². The molecule has 5 heteroatoms. The molecular formula is C12H11FN2O2. The number of halogens is 1. The number of nitrogens with zero attached hydrogens (tertiary/aromatic N) is 1. The van der Waals surface area contributed by atoms with Gasteiger partial charge in [-0.2, -0.15) is 0 Å². The van der Waals surface area contributed by atoms with Crippen LogP contribution in [0.25, 0.3) is 11.4 Å². The lowest BCUT2D eigenvalue weighted by atomic mass is 10.2. The first-order valence-electron chi connectivity index (χ1n) is 5.17. The average molecular weight is 234 g/mol. The molecule has 1 aromatic heterocycles. The Balaban J connectivity index is 2.18. The summed E-state index contributed by atoms with van der Waals surface area (Å²) in [5, 5.41) is 8.55. The van der Waals surface area contributed by atoms with Crippen LogP contribution in [0.4, 0.5) is 4.39 Å². The van der Waals surface area contributed by atoms with E-state index in [0.29, 0.717) is 23.5 Å². The summed E-state index contributed by atoms with van der Waals surface area (Å²) in [5.74, 6) is -0.804. The molecule has 0 fully saturated rings. The zero-order valence-electron chi connectivity index (χ0n) is 8.98. The van der Waals surface area contributed by atoms with Crippen molar-refractivity contribution in [1.82, 2.24) is 9.97 Å². The number of hydrogen-bond donors (Lipinski definition) is 2. The molecule has 1 aromatic carbocycles. The molecule has 2 aromatic rings. The zero-order valence-corrected chi connectivity index (χ0v) is 8.98. The first kappa shape index (κ1) is 11.3. The topological polar surface area (TPSA) is 66.0 Å². The van der Waals surface area contributed by atoms with Gasteiger partial charge in [0.1, 0.15) is 11.6 Å². The molecule has 88 valence electrons. The zero-order chi connectivity index (χ0) is 12.3. The molecule has 17 heavy (non-hydrogen) atoms. The summed E-state index contributed by atoms with van der Waals surface area (Å²) in [6.07, 6.45) is 1.92. The lowest BCUT2D eigenvalue weighted by Crippen LogP contribution is -1.97. The van der Waals surface area contributed by atoms with Crippen molar-refractivity contribution in [3.63, 3.8) is 0 Å². The van der Waals surface area contributed by atoms with Crippen molar-refractivity contribution < 1.29 is 14.3 Å². The van der Waals surface area contributed by atoms with E-state index in [0.717, 1.165) is 0 Å². The van der Waals surface area contributed by atoms with Crippen LogP contribution in [0.15, 0.2) is 30.5 Å². The van der Waals surface area contributed by atoms with Crippen molar-refractivity contribution in [2.75, 3.05) is 0 Å². The quantitative estimate of drug-likeness (QED) is 0.852. The molecule has 0 spiro atoms. The van der Waals surface area contributed by atoms with E-state index in [1.807, 2.05) is 0 Å². The van der Waals surface area contributed by atoms with Crippen molar-refractivity contribution >= 4 is 5.97 Å². The van der Waals surface area contributed by atoms with E-state index in [-0.39, 0.29) is 12.2 Å². The molecule has 0 unspecified atom stereocenters. The number of benzene rings is 1. The Bertz CT molecular complexity index is 537. The number of aromatic amines is 1. The fourth-order valence-electron chi connectivity index (χ4n) is 1.52. The van der Waals surface area contributed by atoms with Gasteiger partial charge in [-0.05, 0) is 18.6 Å². The molecule has 0 bridgehead atoms. The molecule has 0 saturated carbocycles. The summed E-state index contributed by atoms with van der Waals surface area (Å²) in [6.45, 7) is 0. The second-order valence-corrected chi connectivity index (χ2v) is 3.63. The monoisotopic (exact) mass is 234 g/mol. The number of imidazole rings is 1. The third-order valence-corrected chi connectivity index (χ3v) is 2.37. The summed E-state index contributed by atoms with van der Waals surface area (Å²) < 4.78 is 13.4. The highest BCUT2D eigenvalue weighted by atomic mass is 19.1. The summed E-state index contributed by atoms with van der Waals surface area (Å²) in [7, 11) is 0. The minimum atomic E-state index is -0.868. The maximum Gasteiger partial charge on any atom is 0.303 e. The Labute approximate surface area is 97.1 Å². The number of carboxylic acids is 1. The first-order chi connectivity index (χ1) is 8.16. The lowest BCUT2D eigenvalue weighted by molar-refractivity contribution is -0.136. The number of carboxylic acid groups (broad SMARTS) is 1. The van der Waals surface area contributed by atoms with E-state index in [4.69, 9.17) is 5.11 Å². The third kappa shape index (κ3) is 2.69. The average Bonchev–Trinajstić information content (AvgIpc) is 2.75. The molecule has 0 radical (unpaired) electrons. The molecule has 0 aliphatic heterocycles. The molecule has 1 heterocycles. The number of aromatic nitrogens is 2. The smallest absolute Gasteiger partial charge is 0.303 e. The van der Waals surface area contributed by atoms with Crippen LogP contribution >= 0.6 is 0 Å². The SMILES string of the molecule is O=C(O)CCc1cnc(-c2ccccc2F)[nH]1. The predicted molar refractivity (Wildman–Crippen MR) is 59.9 cm³/mol. The summed E-state index contributed by atoms with van der Waals surface area (Å²) in [5.41, 5.74) is 1.07. The van der Waals surface area contributed by atoms with Gasteiger partial charge in [-0.1, -0.05) is 12.1 Å². The second kappa shape index (κ2) is 4.78. The molecule has 0 atom stereocenters. The number of nitrogens with one attached hydrogen (secondary N) is 1. The summed E-state index contributed by atoms with van der Waals surface area (Å²) in [4.78, 5) is 17.4. The van der Waals surface area contributed by atoms with E-state index in [1.54, 1.807) is 18.2 Å². The molecule has 4 nitrogen and oxygen atoms in total. The van der Waals surface area contributed by atoms with E-state index in [9.17, 15) is 9.18 Å². The van der Waals surface area contributed by atoms with Crippen LogP contribution in [0.5, 0.6) is 0 Å². The Hall–Kier alpha value is -2.17. The highest BCUT2D eigenvalue weighted by Gasteiger charge is 2.08. The van der Waals surface area contributed by atoms with Gasteiger partial charge < -0.3 is 10.1 Å². The fraction of sp³-hybridized carbons (Fsp3) is 0.167. The number of aliphatic carboxylic acids is 1. The predicted octanol–water partition coefficient (Wildman–Crippen LogP) is 2.23. The van der Waals surface area contributed by atoms with Crippen molar-refractivity contribution in [2.45, 2.75) is 12.8 Å². The van der Waals surface area contributed by atoms with Gasteiger partial charge in [0.25, 0.3) is 0 Å². The van der Waals surface area contributed by atoms with Crippen LogP contribution in [0, 0.1) is 5.82 Å². The van der Waals surface area contributed by atoms with Gasteiger partial charge in [-0.15, -0.1) is 0 Å². The number of hydrogen-bond acceptors (Lipinski definition) is 2. The van der Waals surface area contributed by atoms with Gasteiger partial charge in [0.05, 0.1) is 12.0 Å². The Morgan fingerprint density at radius 3 is 2.88 bits per heavy atom. The van der Waals surface area contributed by atoms with Gasteiger partial charge in [0.2, 0.25) is 0 Å². The van der Waals surface area contributed by atoms with Crippen molar-refractivity contribution in [3.8, 4) is 11.4 Å². The van der Waals surface area contributed by atoms with Crippen LogP contribution < -0.4 is 0 Å². The summed E-state index contributed by atoms with van der Waals surface area (Å²) in [6, 6.07) is 6.30. The highest BCUT2D eigenvalue weighted by Crippen LogP contribution is 2.19. The van der Waals surface area contributed by atoms with Gasteiger partial charge in [-0.25, -0.2) is 9.37 Å². The third-order valence-electron chi connectivity index (χ3n) is 2.37. The largest absolute Gasteiger partial charge is 0.481 e. The molecule has 2 N–H and O–H groups in total. The Morgan fingerprint density at radius 1 is 1.41 bits per heavy atom. The number of carbonyl (C=O) groups is 1. The minimum absolute atomic E-state index is 0.0267. The van der Waals surface area contributed by atoms with E-state index >= 15 is 0 Å². The van der Waals surface area contributed by atoms with E-state index in [2.05, 4.69) is 9.97 Å². The molecule has 2 rings (SSSR count). The van der Waals surface area contributed by atoms with Crippen molar-refractivity contribution in [3.05, 3.63) is 42.0 Å². The van der Waals surface area contributed by atoms with Crippen LogP contribution in [-0.2, 0) is 11.2 Å². The highest BCUT2D eigenvalue weighted by molar-refractivity contribution is 5.67. The molecular weight excluding hydrogens is 223 g/mol. The number of H-pyrrole nitrogens is 1. The molecule has 0 saturated heterocycles. The Morgan fingerprint density at radius 2 is 2.18 bits per heavy atom. The summed E-state index contributed by atoms with van der Waals surface area (Å²) >= 11 is 0. The van der Waals surface area contributed by atoms with E-state index in [1.165, 1.54) is 12.3 Å². The van der Waals surface area contributed by atoms with Crippen LogP contribution in [0.2, 0.25) is 0 Å². The maximum absolute atomic E-state index is 13.4. The number of rotatable bonds is 4. The molecule has 0 aliphatic rings. The van der Waals surface area contributed by atoms with Crippen molar-refractivity contribution in [1.29, 1.82) is 0 Å². The first-order valence-corrected chi connectivity index (χ1v) is 5.17. The standard InChI is InChI=1S/C12H11FN2O2/c13-10-4-2-1-3-9(10)12-14-7-8(15-12)5-6-11(16)17/h1-4,7H,5-6H2,(H,14,15)(H,16,17). The molecule has 0 aliphatic carbocycles. The lowest BCUT2D eigenvalue weighted by Gasteiger charge is -1.98. The molecule has 0 amide bonds. The van der Waals surface area contributed by atoms with Crippen LogP contribution in [0.3, 0.4) is 0 Å². The van der Waals surface area contributed by atoms with Crippen LogP contribution in [0.1, 0.15) is 12.1 Å². The normalized spacial score (nSPS) is 10.4. The second-order valence-electron chi connectivity index (χ2n) is 3.63.